The summed E-state index contributed by atoms with van der Waals surface area (Å²) in [5.74, 6) is -3.10. The maximum Gasteiger partial charge on any atom is 0.255 e. The maximum atomic E-state index is 13.5. The Bertz CT molecular complexity index is 871. The van der Waals surface area contributed by atoms with Crippen molar-refractivity contribution in [3.8, 4) is 5.69 Å². The summed E-state index contributed by atoms with van der Waals surface area (Å²) >= 11 is 4.25. The standard InChI is InChI=1S/C15H12F2N4S/c16-15(17)7-11(15)9-5-6-12(10-4-2-1-3-8(9)10)21-13(18)19-20-14(21)22/h1-6,11H,7H2,(H2,18,19)(H,20,22). The molecular weight excluding hydrogens is 306 g/mol. The molecule has 1 atom stereocenters. The summed E-state index contributed by atoms with van der Waals surface area (Å²) in [6.07, 6.45) is -0.0943. The summed E-state index contributed by atoms with van der Waals surface area (Å²) in [5, 5.41) is 9.58. The predicted octanol–water partition coefficient (Wildman–Crippen LogP) is 3.41. The average molecular weight is 318 g/mol. The first-order chi connectivity index (χ1) is 10.5. The van der Waals surface area contributed by atoms with Gasteiger partial charge in [-0.25, -0.2) is 8.78 Å². The van der Waals surface area contributed by atoms with Crippen molar-refractivity contribution in [2.24, 2.45) is 0 Å². The van der Waals surface area contributed by atoms with Gasteiger partial charge in [-0.3, -0.25) is 4.57 Å². The van der Waals surface area contributed by atoms with Gasteiger partial charge in [0, 0.05) is 11.8 Å². The highest BCUT2D eigenvalue weighted by molar-refractivity contribution is 7.80. The summed E-state index contributed by atoms with van der Waals surface area (Å²) in [4.78, 5) is 0. The third kappa shape index (κ3) is 1.89. The van der Waals surface area contributed by atoms with Crippen LogP contribution in [-0.2, 0) is 0 Å². The lowest BCUT2D eigenvalue weighted by Gasteiger charge is -2.13. The zero-order chi connectivity index (χ0) is 15.5. The minimum absolute atomic E-state index is 0.0943. The number of fused-ring (bicyclic) bond motifs is 1. The van der Waals surface area contributed by atoms with E-state index in [0.717, 1.165) is 16.5 Å². The molecule has 0 spiro atoms. The fraction of sp³-hybridized carbons (Fsp3) is 0.200. The Morgan fingerprint density at radius 2 is 1.82 bits per heavy atom. The maximum absolute atomic E-state index is 13.5. The van der Waals surface area contributed by atoms with Crippen molar-refractivity contribution in [2.75, 3.05) is 5.73 Å². The van der Waals surface area contributed by atoms with Crippen molar-refractivity contribution in [3.05, 3.63) is 42.0 Å². The summed E-state index contributed by atoms with van der Waals surface area (Å²) in [6.45, 7) is 0. The molecule has 1 unspecified atom stereocenters. The van der Waals surface area contributed by atoms with E-state index in [1.807, 2.05) is 24.3 Å². The van der Waals surface area contributed by atoms with Crippen LogP contribution in [0, 0.1) is 0 Å². The van der Waals surface area contributed by atoms with E-state index in [-0.39, 0.29) is 12.4 Å². The fourth-order valence-corrected chi connectivity index (χ4v) is 3.13. The third-order valence-electron chi connectivity index (χ3n) is 4.05. The molecule has 112 valence electrons. The smallest absolute Gasteiger partial charge is 0.255 e. The van der Waals surface area contributed by atoms with Crippen LogP contribution in [0.3, 0.4) is 0 Å². The van der Waals surface area contributed by atoms with Crippen LogP contribution in [0.5, 0.6) is 0 Å². The van der Waals surface area contributed by atoms with E-state index in [1.54, 1.807) is 16.7 Å². The molecule has 0 aliphatic heterocycles. The Kier molecular flexibility index (Phi) is 2.72. The minimum Gasteiger partial charge on any atom is -0.368 e. The highest BCUT2D eigenvalue weighted by Gasteiger charge is 2.58. The highest BCUT2D eigenvalue weighted by atomic mass is 32.1. The van der Waals surface area contributed by atoms with Crippen LogP contribution in [-0.4, -0.2) is 20.7 Å². The first-order valence-electron chi connectivity index (χ1n) is 6.79. The first kappa shape index (κ1) is 13.5. The molecule has 7 heteroatoms. The number of halogens is 2. The van der Waals surface area contributed by atoms with Crippen molar-refractivity contribution in [3.63, 3.8) is 0 Å². The molecule has 0 radical (unpaired) electrons. The van der Waals surface area contributed by atoms with Crippen LogP contribution in [0.15, 0.2) is 41.6 Å². The summed E-state index contributed by atoms with van der Waals surface area (Å²) in [6, 6.07) is 10.9. The van der Waals surface area contributed by atoms with Crippen molar-refractivity contribution >= 4 is 29.3 Å². The third-order valence-corrected chi connectivity index (χ3v) is 4.34. The molecule has 2 aromatic carbocycles. The van der Waals surface area contributed by atoms with Gasteiger partial charge in [-0.15, -0.1) is 22.8 Å². The molecule has 1 heterocycles. The van der Waals surface area contributed by atoms with Gasteiger partial charge in [-0.2, -0.15) is 0 Å². The number of alkyl halides is 2. The fourth-order valence-electron chi connectivity index (χ4n) is 2.88. The quantitative estimate of drug-likeness (QED) is 0.712. The van der Waals surface area contributed by atoms with Crippen LogP contribution in [0.1, 0.15) is 17.9 Å². The lowest BCUT2D eigenvalue weighted by atomic mass is 9.99. The van der Waals surface area contributed by atoms with Gasteiger partial charge in [0.05, 0.1) is 11.6 Å². The molecule has 1 fully saturated rings. The molecule has 22 heavy (non-hydrogen) atoms. The summed E-state index contributed by atoms with van der Waals surface area (Å²) < 4.78 is 28.5. The molecule has 0 amide bonds. The SMILES string of the molecule is Nc1nnc(S)n1-c1ccc(C2CC2(F)F)c2ccccc12. The Balaban J connectivity index is 1.98. The van der Waals surface area contributed by atoms with Crippen LogP contribution in [0.4, 0.5) is 14.7 Å². The number of thiol groups is 1. The van der Waals surface area contributed by atoms with Crippen LogP contribution in [0.25, 0.3) is 16.5 Å². The number of hydrogen-bond donors (Lipinski definition) is 2. The molecule has 1 aliphatic rings. The summed E-state index contributed by atoms with van der Waals surface area (Å²) in [5.41, 5.74) is 7.23. The van der Waals surface area contributed by atoms with Crippen LogP contribution in [0.2, 0.25) is 0 Å². The monoisotopic (exact) mass is 318 g/mol. The highest BCUT2D eigenvalue weighted by Crippen LogP contribution is 2.57. The zero-order valence-electron chi connectivity index (χ0n) is 11.4. The number of nitrogens with two attached hydrogens (primary N) is 1. The Hall–Kier alpha value is -2.15. The number of rotatable bonds is 2. The summed E-state index contributed by atoms with van der Waals surface area (Å²) in [7, 11) is 0. The van der Waals surface area contributed by atoms with Gasteiger partial charge < -0.3 is 5.73 Å². The number of hydrogen-bond acceptors (Lipinski definition) is 4. The number of benzene rings is 2. The molecule has 1 aliphatic carbocycles. The average Bonchev–Trinajstić information content (AvgIpc) is 3.00. The lowest BCUT2D eigenvalue weighted by Crippen LogP contribution is -2.03. The molecule has 4 rings (SSSR count). The van der Waals surface area contributed by atoms with Crippen LogP contribution >= 0.6 is 12.6 Å². The molecule has 3 aromatic rings. The van der Waals surface area contributed by atoms with Gasteiger partial charge in [0.2, 0.25) is 5.95 Å². The lowest BCUT2D eigenvalue weighted by molar-refractivity contribution is 0.112. The van der Waals surface area contributed by atoms with E-state index in [1.165, 1.54) is 0 Å². The van der Waals surface area contributed by atoms with Gasteiger partial charge >= 0.3 is 0 Å². The van der Waals surface area contributed by atoms with E-state index < -0.39 is 11.8 Å². The Labute approximate surface area is 130 Å². The topological polar surface area (TPSA) is 56.7 Å². The molecule has 0 bridgehead atoms. The molecule has 1 aromatic heterocycles. The predicted molar refractivity (Wildman–Crippen MR) is 82.8 cm³/mol. The number of anilines is 1. The van der Waals surface area contributed by atoms with E-state index in [9.17, 15) is 8.78 Å². The molecule has 2 N–H and O–H groups in total. The second-order valence-electron chi connectivity index (χ2n) is 5.43. The van der Waals surface area contributed by atoms with E-state index >= 15 is 0 Å². The second-order valence-corrected chi connectivity index (χ2v) is 5.83. The number of nitrogen functional groups attached to an aromatic ring is 1. The van der Waals surface area contributed by atoms with E-state index in [4.69, 9.17) is 5.73 Å². The number of nitrogens with zero attached hydrogens (tertiary/aromatic N) is 3. The van der Waals surface area contributed by atoms with Gasteiger partial charge in [0.1, 0.15) is 0 Å². The van der Waals surface area contributed by atoms with Crippen molar-refractivity contribution in [1.82, 2.24) is 14.8 Å². The molecule has 1 saturated carbocycles. The minimum atomic E-state index is -2.60. The van der Waals surface area contributed by atoms with Gasteiger partial charge in [-0.05, 0) is 17.0 Å². The van der Waals surface area contributed by atoms with E-state index in [0.29, 0.717) is 10.7 Å². The Morgan fingerprint density at radius 1 is 1.14 bits per heavy atom. The zero-order valence-corrected chi connectivity index (χ0v) is 12.3. The van der Waals surface area contributed by atoms with Gasteiger partial charge in [0.25, 0.3) is 5.92 Å². The van der Waals surface area contributed by atoms with Gasteiger partial charge in [-0.1, -0.05) is 30.3 Å². The van der Waals surface area contributed by atoms with Crippen molar-refractivity contribution in [1.29, 1.82) is 0 Å². The van der Waals surface area contributed by atoms with E-state index in [2.05, 4.69) is 22.8 Å². The molecule has 0 saturated heterocycles. The number of aromatic nitrogens is 3. The van der Waals surface area contributed by atoms with Crippen LogP contribution < -0.4 is 5.73 Å². The van der Waals surface area contributed by atoms with Gasteiger partial charge in [0.15, 0.2) is 5.16 Å². The molecular formula is C15H12F2N4S. The van der Waals surface area contributed by atoms with Crippen molar-refractivity contribution < 1.29 is 8.78 Å². The largest absolute Gasteiger partial charge is 0.368 e. The normalized spacial score (nSPS) is 19.5. The Morgan fingerprint density at radius 3 is 2.41 bits per heavy atom. The first-order valence-corrected chi connectivity index (χ1v) is 7.23. The molecule has 4 nitrogen and oxygen atoms in total. The second kappa shape index (κ2) is 4.42. The van der Waals surface area contributed by atoms with Crippen molar-refractivity contribution in [2.45, 2.75) is 23.4 Å².